The van der Waals surface area contributed by atoms with Gasteiger partial charge in [0.2, 0.25) is 0 Å². The lowest BCUT2D eigenvalue weighted by Gasteiger charge is -2.33. The van der Waals surface area contributed by atoms with E-state index >= 15 is 0 Å². The van der Waals surface area contributed by atoms with Gasteiger partial charge in [-0.25, -0.2) is 4.98 Å². The molecule has 0 saturated carbocycles. The minimum absolute atomic E-state index is 0.00966. The molecule has 1 aliphatic heterocycles. The summed E-state index contributed by atoms with van der Waals surface area (Å²) in [5.74, 6) is 0.830. The van der Waals surface area contributed by atoms with Crippen molar-refractivity contribution in [1.29, 1.82) is 0 Å². The molecule has 2 heterocycles. The number of piperazine rings is 1. The van der Waals surface area contributed by atoms with E-state index in [1.165, 1.54) is 0 Å². The van der Waals surface area contributed by atoms with Crippen LogP contribution in [0, 0.1) is 6.92 Å². The second-order valence-corrected chi connectivity index (χ2v) is 5.09. The largest absolute Gasteiger partial charge is 0.314 e. The van der Waals surface area contributed by atoms with Gasteiger partial charge in [-0.2, -0.15) is 0 Å². The van der Waals surface area contributed by atoms with E-state index in [-0.39, 0.29) is 11.6 Å². The Balaban J connectivity index is 2.32. The van der Waals surface area contributed by atoms with Gasteiger partial charge in [0.05, 0.1) is 11.7 Å². The Morgan fingerprint density at radius 2 is 2.00 bits per heavy atom. The molecule has 5 nitrogen and oxygen atoms in total. The Kier molecular flexibility index (Phi) is 4.71. The first-order valence-corrected chi connectivity index (χ1v) is 7.21. The van der Waals surface area contributed by atoms with Crippen LogP contribution in [-0.4, -0.2) is 41.0 Å². The first-order valence-electron chi connectivity index (χ1n) is 7.21. The highest BCUT2D eigenvalue weighted by Gasteiger charge is 2.23. The summed E-state index contributed by atoms with van der Waals surface area (Å²) in [4.78, 5) is 22.1. The fourth-order valence-electron chi connectivity index (χ4n) is 2.72. The Morgan fingerprint density at radius 3 is 2.58 bits per heavy atom. The molecule has 0 aliphatic carbocycles. The van der Waals surface area contributed by atoms with E-state index < -0.39 is 0 Å². The smallest absolute Gasteiger partial charge is 0.254 e. The maximum Gasteiger partial charge on any atom is 0.254 e. The topological polar surface area (TPSA) is 61.0 Å². The zero-order valence-electron chi connectivity index (χ0n) is 12.1. The van der Waals surface area contributed by atoms with Gasteiger partial charge in [0.25, 0.3) is 5.56 Å². The summed E-state index contributed by atoms with van der Waals surface area (Å²) in [6.07, 6.45) is 1.77. The molecule has 1 atom stereocenters. The molecule has 2 N–H and O–H groups in total. The third-order valence-electron chi connectivity index (χ3n) is 3.90. The maximum atomic E-state index is 12.0. The number of rotatable bonds is 4. The van der Waals surface area contributed by atoms with Gasteiger partial charge in [-0.3, -0.25) is 9.69 Å². The summed E-state index contributed by atoms with van der Waals surface area (Å²) in [6.45, 7) is 10.1. The van der Waals surface area contributed by atoms with Crippen molar-refractivity contribution in [3.63, 3.8) is 0 Å². The van der Waals surface area contributed by atoms with Crippen molar-refractivity contribution >= 4 is 0 Å². The first-order chi connectivity index (χ1) is 9.17. The van der Waals surface area contributed by atoms with Crippen molar-refractivity contribution in [3.8, 4) is 0 Å². The van der Waals surface area contributed by atoms with Crippen LogP contribution in [0.5, 0.6) is 0 Å². The van der Waals surface area contributed by atoms with Gasteiger partial charge >= 0.3 is 0 Å². The number of nitrogens with one attached hydrogen (secondary N) is 2. The molecule has 1 aromatic heterocycles. The second kappa shape index (κ2) is 6.30. The lowest BCUT2D eigenvalue weighted by atomic mass is 10.1. The van der Waals surface area contributed by atoms with Crippen molar-refractivity contribution in [2.75, 3.05) is 26.2 Å². The standard InChI is InChI=1S/C14H24N4O/c1-4-11-10(3)14(19)17-13(16-11)12(5-2)18-8-6-15-7-9-18/h12,15H,4-9H2,1-3H3,(H,16,17,19). The zero-order valence-corrected chi connectivity index (χ0v) is 12.1. The molecule has 106 valence electrons. The summed E-state index contributed by atoms with van der Waals surface area (Å²) in [6, 6.07) is 0.223. The van der Waals surface area contributed by atoms with Crippen LogP contribution in [-0.2, 0) is 6.42 Å². The third-order valence-corrected chi connectivity index (χ3v) is 3.90. The van der Waals surface area contributed by atoms with Crippen molar-refractivity contribution in [3.05, 3.63) is 27.4 Å². The van der Waals surface area contributed by atoms with E-state index in [4.69, 9.17) is 0 Å². The van der Waals surface area contributed by atoms with E-state index in [0.717, 1.165) is 56.1 Å². The molecule has 0 bridgehead atoms. The number of aromatic nitrogens is 2. The van der Waals surface area contributed by atoms with Gasteiger partial charge in [0, 0.05) is 31.7 Å². The molecule has 1 unspecified atom stereocenters. The quantitative estimate of drug-likeness (QED) is 0.851. The van der Waals surface area contributed by atoms with Crippen LogP contribution in [0.25, 0.3) is 0 Å². The average Bonchev–Trinajstić information content (AvgIpc) is 2.44. The molecule has 1 fully saturated rings. The van der Waals surface area contributed by atoms with Crippen LogP contribution < -0.4 is 10.9 Å². The van der Waals surface area contributed by atoms with Gasteiger partial charge in [0.1, 0.15) is 5.82 Å². The summed E-state index contributed by atoms with van der Waals surface area (Å²) >= 11 is 0. The summed E-state index contributed by atoms with van der Waals surface area (Å²) in [7, 11) is 0. The number of H-pyrrole nitrogens is 1. The lowest BCUT2D eigenvalue weighted by molar-refractivity contribution is 0.162. The summed E-state index contributed by atoms with van der Waals surface area (Å²) in [5, 5.41) is 3.35. The van der Waals surface area contributed by atoms with E-state index in [1.54, 1.807) is 0 Å². The summed E-state index contributed by atoms with van der Waals surface area (Å²) < 4.78 is 0. The van der Waals surface area contributed by atoms with Crippen LogP contribution >= 0.6 is 0 Å². The van der Waals surface area contributed by atoms with E-state index in [2.05, 4.69) is 27.1 Å². The van der Waals surface area contributed by atoms with E-state index in [0.29, 0.717) is 0 Å². The van der Waals surface area contributed by atoms with Gasteiger partial charge in [0.15, 0.2) is 0 Å². The van der Waals surface area contributed by atoms with Gasteiger partial charge in [-0.1, -0.05) is 13.8 Å². The van der Waals surface area contributed by atoms with Crippen molar-refractivity contribution in [2.45, 2.75) is 39.7 Å². The SMILES string of the molecule is CCc1nc(C(CC)N2CCNCC2)[nH]c(=O)c1C. The second-order valence-electron chi connectivity index (χ2n) is 5.09. The Labute approximate surface area is 114 Å². The van der Waals surface area contributed by atoms with Crippen molar-refractivity contribution in [1.82, 2.24) is 20.2 Å². The molecule has 2 rings (SSSR count). The molecule has 1 saturated heterocycles. The van der Waals surface area contributed by atoms with Gasteiger partial charge < -0.3 is 10.3 Å². The Bertz CT molecular complexity index is 477. The predicted octanol–water partition coefficient (Wildman–Crippen LogP) is 0.997. The molecule has 1 aromatic rings. The fraction of sp³-hybridized carbons (Fsp3) is 0.714. The molecule has 0 aromatic carbocycles. The average molecular weight is 264 g/mol. The highest BCUT2D eigenvalue weighted by atomic mass is 16.1. The highest BCUT2D eigenvalue weighted by molar-refractivity contribution is 5.17. The minimum Gasteiger partial charge on any atom is -0.314 e. The monoisotopic (exact) mass is 264 g/mol. The predicted molar refractivity (Wildman–Crippen MR) is 76.4 cm³/mol. The molecule has 0 radical (unpaired) electrons. The highest BCUT2D eigenvalue weighted by Crippen LogP contribution is 2.21. The van der Waals surface area contributed by atoms with Crippen molar-refractivity contribution < 1.29 is 0 Å². The van der Waals surface area contributed by atoms with Crippen LogP contribution in [0.2, 0.25) is 0 Å². The van der Waals surface area contributed by atoms with Crippen molar-refractivity contribution in [2.24, 2.45) is 0 Å². The normalized spacial score (nSPS) is 18.5. The summed E-state index contributed by atoms with van der Waals surface area (Å²) in [5.41, 5.74) is 1.68. The molecule has 0 amide bonds. The maximum absolute atomic E-state index is 12.0. The number of aromatic amines is 1. The number of aryl methyl sites for hydroxylation is 1. The molecule has 0 spiro atoms. The van der Waals surface area contributed by atoms with E-state index in [9.17, 15) is 4.79 Å². The van der Waals surface area contributed by atoms with Crippen LogP contribution in [0.4, 0.5) is 0 Å². The molecular weight excluding hydrogens is 240 g/mol. The van der Waals surface area contributed by atoms with Crippen LogP contribution in [0.3, 0.4) is 0 Å². The zero-order chi connectivity index (χ0) is 13.8. The molecular formula is C14H24N4O. The minimum atomic E-state index is 0.00966. The van der Waals surface area contributed by atoms with E-state index in [1.807, 2.05) is 13.8 Å². The third kappa shape index (κ3) is 3.04. The Hall–Kier alpha value is -1.20. The number of hydrogen-bond donors (Lipinski definition) is 2. The van der Waals surface area contributed by atoms with Crippen LogP contribution in [0.15, 0.2) is 4.79 Å². The first kappa shape index (κ1) is 14.2. The molecule has 5 heteroatoms. The molecule has 19 heavy (non-hydrogen) atoms. The van der Waals surface area contributed by atoms with Crippen LogP contribution in [0.1, 0.15) is 43.4 Å². The lowest BCUT2D eigenvalue weighted by Crippen LogP contribution is -2.45. The number of nitrogens with zero attached hydrogens (tertiary/aromatic N) is 2. The van der Waals surface area contributed by atoms with Gasteiger partial charge in [-0.05, 0) is 19.8 Å². The number of hydrogen-bond acceptors (Lipinski definition) is 4. The fourth-order valence-corrected chi connectivity index (χ4v) is 2.72. The Morgan fingerprint density at radius 1 is 1.32 bits per heavy atom. The van der Waals surface area contributed by atoms with Gasteiger partial charge in [-0.15, -0.1) is 0 Å². The molecule has 1 aliphatic rings.